The van der Waals surface area contributed by atoms with Crippen molar-refractivity contribution in [2.75, 3.05) is 0 Å². The summed E-state index contributed by atoms with van der Waals surface area (Å²) in [6, 6.07) is 4.30. The van der Waals surface area contributed by atoms with Crippen LogP contribution >= 0.6 is 15.9 Å². The SMILES string of the molecule is CCc1nc(Br)cc(-c2ccc(F)c(C(F)(F)F)c2)n1. The molecule has 2 rings (SSSR count). The maximum atomic E-state index is 13.2. The minimum Gasteiger partial charge on any atom is -0.233 e. The lowest BCUT2D eigenvalue weighted by Gasteiger charge is -2.10. The van der Waals surface area contributed by atoms with Gasteiger partial charge in [-0.25, -0.2) is 14.4 Å². The van der Waals surface area contributed by atoms with E-state index in [1.165, 1.54) is 12.1 Å². The lowest BCUT2D eigenvalue weighted by molar-refractivity contribution is -0.139. The predicted molar refractivity (Wildman–Crippen MR) is 69.5 cm³/mol. The van der Waals surface area contributed by atoms with E-state index in [4.69, 9.17) is 0 Å². The Balaban J connectivity index is 2.56. The molecule has 1 aromatic carbocycles. The van der Waals surface area contributed by atoms with Crippen molar-refractivity contribution in [2.45, 2.75) is 19.5 Å². The summed E-state index contributed by atoms with van der Waals surface area (Å²) in [6.45, 7) is 1.83. The normalized spacial score (nSPS) is 11.7. The van der Waals surface area contributed by atoms with E-state index in [-0.39, 0.29) is 5.56 Å². The van der Waals surface area contributed by atoms with E-state index in [1.807, 2.05) is 6.92 Å². The molecule has 20 heavy (non-hydrogen) atoms. The van der Waals surface area contributed by atoms with Gasteiger partial charge in [0.15, 0.2) is 0 Å². The minimum atomic E-state index is -4.74. The van der Waals surface area contributed by atoms with E-state index in [0.717, 1.165) is 12.1 Å². The number of hydrogen-bond acceptors (Lipinski definition) is 2. The number of rotatable bonds is 2. The predicted octanol–water partition coefficient (Wildman–Crippen LogP) is 4.63. The van der Waals surface area contributed by atoms with Gasteiger partial charge < -0.3 is 0 Å². The van der Waals surface area contributed by atoms with Gasteiger partial charge in [-0.05, 0) is 40.2 Å². The van der Waals surface area contributed by atoms with Crippen molar-refractivity contribution in [3.05, 3.63) is 46.1 Å². The van der Waals surface area contributed by atoms with Gasteiger partial charge in [0.2, 0.25) is 0 Å². The number of halogens is 5. The molecule has 0 amide bonds. The Hall–Kier alpha value is -1.50. The van der Waals surface area contributed by atoms with Gasteiger partial charge in [0.25, 0.3) is 0 Å². The lowest BCUT2D eigenvalue weighted by Crippen LogP contribution is -2.08. The van der Waals surface area contributed by atoms with Gasteiger partial charge in [-0.3, -0.25) is 0 Å². The molecule has 7 heteroatoms. The molecule has 0 radical (unpaired) electrons. The molecular weight excluding hydrogens is 340 g/mol. The molecule has 0 N–H and O–H groups in total. The van der Waals surface area contributed by atoms with E-state index < -0.39 is 17.6 Å². The Bertz CT molecular complexity index is 641. The van der Waals surface area contributed by atoms with Gasteiger partial charge in [-0.15, -0.1) is 0 Å². The largest absolute Gasteiger partial charge is 0.419 e. The summed E-state index contributed by atoms with van der Waals surface area (Å²) in [5.74, 6) is -0.808. The number of benzene rings is 1. The van der Waals surface area contributed by atoms with Gasteiger partial charge >= 0.3 is 6.18 Å². The third-order valence-electron chi connectivity index (χ3n) is 2.62. The number of alkyl halides is 3. The molecule has 0 aliphatic rings. The first-order chi connectivity index (χ1) is 9.31. The van der Waals surface area contributed by atoms with Crippen molar-refractivity contribution < 1.29 is 17.6 Å². The first-order valence-corrected chi connectivity index (χ1v) is 6.51. The summed E-state index contributed by atoms with van der Waals surface area (Å²) in [4.78, 5) is 8.22. The van der Waals surface area contributed by atoms with Crippen molar-refractivity contribution in [3.8, 4) is 11.3 Å². The second-order valence-corrected chi connectivity index (χ2v) is 4.85. The summed E-state index contributed by atoms with van der Waals surface area (Å²) >= 11 is 3.18. The maximum absolute atomic E-state index is 13.2. The molecule has 0 fully saturated rings. The molecular formula is C13H9BrF4N2. The topological polar surface area (TPSA) is 25.8 Å². The highest BCUT2D eigenvalue weighted by Crippen LogP contribution is 2.34. The second-order valence-electron chi connectivity index (χ2n) is 4.04. The van der Waals surface area contributed by atoms with Crippen LogP contribution in [0.3, 0.4) is 0 Å². The number of hydrogen-bond donors (Lipinski definition) is 0. The number of aryl methyl sites for hydroxylation is 1. The van der Waals surface area contributed by atoms with Crippen molar-refractivity contribution >= 4 is 15.9 Å². The zero-order valence-corrected chi connectivity index (χ0v) is 11.9. The average molecular weight is 349 g/mol. The fraction of sp³-hybridized carbons (Fsp3) is 0.231. The van der Waals surface area contributed by atoms with Crippen LogP contribution in [0.15, 0.2) is 28.9 Å². The van der Waals surface area contributed by atoms with Crippen molar-refractivity contribution in [1.29, 1.82) is 0 Å². The van der Waals surface area contributed by atoms with E-state index in [9.17, 15) is 17.6 Å². The third-order valence-corrected chi connectivity index (χ3v) is 3.03. The molecule has 0 spiro atoms. The fourth-order valence-corrected chi connectivity index (χ4v) is 2.09. The molecule has 1 aromatic heterocycles. The van der Waals surface area contributed by atoms with E-state index in [0.29, 0.717) is 22.5 Å². The van der Waals surface area contributed by atoms with E-state index >= 15 is 0 Å². The highest BCUT2D eigenvalue weighted by atomic mass is 79.9. The first-order valence-electron chi connectivity index (χ1n) is 5.72. The number of nitrogens with zero attached hydrogens (tertiary/aromatic N) is 2. The van der Waals surface area contributed by atoms with Crippen LogP contribution in [0.1, 0.15) is 18.3 Å². The quantitative estimate of drug-likeness (QED) is 0.584. The summed E-state index contributed by atoms with van der Waals surface area (Å²) in [7, 11) is 0. The summed E-state index contributed by atoms with van der Waals surface area (Å²) in [5.41, 5.74) is -0.798. The standard InChI is InChI=1S/C13H9BrF4N2/c1-2-12-19-10(6-11(14)20-12)7-3-4-9(15)8(5-7)13(16,17)18/h3-6H,2H2,1H3. The van der Waals surface area contributed by atoms with Crippen LogP contribution in [0, 0.1) is 5.82 Å². The third kappa shape index (κ3) is 3.15. The van der Waals surface area contributed by atoms with Crippen LogP contribution in [0.4, 0.5) is 17.6 Å². The molecule has 106 valence electrons. The van der Waals surface area contributed by atoms with Crippen LogP contribution in [-0.4, -0.2) is 9.97 Å². The maximum Gasteiger partial charge on any atom is 0.419 e. The molecule has 2 nitrogen and oxygen atoms in total. The van der Waals surface area contributed by atoms with Gasteiger partial charge in [0.05, 0.1) is 11.3 Å². The minimum absolute atomic E-state index is 0.191. The van der Waals surface area contributed by atoms with Gasteiger partial charge in [-0.2, -0.15) is 13.2 Å². The Morgan fingerprint density at radius 3 is 2.45 bits per heavy atom. The average Bonchev–Trinajstić information content (AvgIpc) is 2.37. The van der Waals surface area contributed by atoms with E-state index in [2.05, 4.69) is 25.9 Å². The molecule has 1 heterocycles. The summed E-state index contributed by atoms with van der Waals surface area (Å²) in [5, 5.41) is 0. The molecule has 0 unspecified atom stereocenters. The van der Waals surface area contributed by atoms with Crippen LogP contribution < -0.4 is 0 Å². The molecule has 0 bridgehead atoms. The second kappa shape index (κ2) is 5.47. The van der Waals surface area contributed by atoms with Crippen molar-refractivity contribution in [3.63, 3.8) is 0 Å². The fourth-order valence-electron chi connectivity index (χ4n) is 1.67. The highest BCUT2D eigenvalue weighted by molar-refractivity contribution is 9.10. The molecule has 0 saturated heterocycles. The van der Waals surface area contributed by atoms with Crippen molar-refractivity contribution in [2.24, 2.45) is 0 Å². The van der Waals surface area contributed by atoms with Gasteiger partial charge in [0.1, 0.15) is 16.2 Å². The van der Waals surface area contributed by atoms with Gasteiger partial charge in [0, 0.05) is 12.0 Å². The summed E-state index contributed by atoms with van der Waals surface area (Å²) in [6.07, 6.45) is -4.20. The van der Waals surface area contributed by atoms with Crippen LogP contribution in [0.25, 0.3) is 11.3 Å². The van der Waals surface area contributed by atoms with Gasteiger partial charge in [-0.1, -0.05) is 6.92 Å². The summed E-state index contributed by atoms with van der Waals surface area (Å²) < 4.78 is 51.8. The lowest BCUT2D eigenvalue weighted by atomic mass is 10.1. The first kappa shape index (κ1) is 14.9. The molecule has 0 aliphatic carbocycles. The Morgan fingerprint density at radius 2 is 1.85 bits per heavy atom. The Morgan fingerprint density at radius 1 is 1.15 bits per heavy atom. The molecule has 2 aromatic rings. The van der Waals surface area contributed by atoms with Crippen LogP contribution in [0.2, 0.25) is 0 Å². The zero-order chi connectivity index (χ0) is 14.9. The molecule has 0 saturated carbocycles. The zero-order valence-electron chi connectivity index (χ0n) is 10.3. The monoisotopic (exact) mass is 348 g/mol. The Labute approximate surface area is 121 Å². The van der Waals surface area contributed by atoms with E-state index in [1.54, 1.807) is 0 Å². The van der Waals surface area contributed by atoms with Crippen LogP contribution in [-0.2, 0) is 12.6 Å². The highest BCUT2D eigenvalue weighted by Gasteiger charge is 2.34. The van der Waals surface area contributed by atoms with Crippen LogP contribution in [0.5, 0.6) is 0 Å². The smallest absolute Gasteiger partial charge is 0.233 e. The molecule has 0 aliphatic heterocycles. The molecule has 0 atom stereocenters. The Kier molecular flexibility index (Phi) is 4.08. The number of aromatic nitrogens is 2. The van der Waals surface area contributed by atoms with Crippen molar-refractivity contribution in [1.82, 2.24) is 9.97 Å².